The summed E-state index contributed by atoms with van der Waals surface area (Å²) >= 11 is 0. The van der Waals surface area contributed by atoms with Gasteiger partial charge in [0.25, 0.3) is 0 Å². The van der Waals surface area contributed by atoms with E-state index in [4.69, 9.17) is 14.6 Å². The zero-order valence-electron chi connectivity index (χ0n) is 12.6. The van der Waals surface area contributed by atoms with Gasteiger partial charge in [-0.05, 0) is 30.2 Å². The molecule has 7 nitrogen and oxygen atoms in total. The van der Waals surface area contributed by atoms with Gasteiger partial charge in [0, 0.05) is 6.08 Å². The first kappa shape index (κ1) is 17.4. The van der Waals surface area contributed by atoms with Crippen LogP contribution >= 0.6 is 0 Å². The largest absolute Gasteiger partial charge is 0.508 e. The first-order valence-electron chi connectivity index (χ1n) is 7.29. The van der Waals surface area contributed by atoms with Crippen LogP contribution in [0.25, 0.3) is 6.08 Å². The summed E-state index contributed by atoms with van der Waals surface area (Å²) in [5.41, 5.74) is 0.673. The Labute approximate surface area is 133 Å². The fourth-order valence-electron chi connectivity index (χ4n) is 2.25. The van der Waals surface area contributed by atoms with Crippen LogP contribution in [0.5, 0.6) is 5.75 Å². The van der Waals surface area contributed by atoms with Crippen LogP contribution in [0.4, 0.5) is 0 Å². The lowest BCUT2D eigenvalue weighted by Crippen LogP contribution is -2.58. The lowest BCUT2D eigenvalue weighted by Gasteiger charge is -2.39. The molecule has 4 N–H and O–H groups in total. The number of aromatic hydroxyl groups is 1. The van der Waals surface area contributed by atoms with Crippen molar-refractivity contribution in [2.45, 2.75) is 44.1 Å². The highest BCUT2D eigenvalue weighted by Gasteiger charge is 2.44. The summed E-state index contributed by atoms with van der Waals surface area (Å²) < 4.78 is 10.3. The fourth-order valence-corrected chi connectivity index (χ4v) is 2.25. The second-order valence-electron chi connectivity index (χ2n) is 5.28. The van der Waals surface area contributed by atoms with Crippen molar-refractivity contribution in [3.8, 4) is 5.75 Å². The third kappa shape index (κ3) is 4.29. The smallest absolute Gasteiger partial charge is 0.333 e. The molecule has 0 spiro atoms. The second kappa shape index (κ2) is 7.56. The van der Waals surface area contributed by atoms with E-state index in [0.29, 0.717) is 12.0 Å². The number of phenols is 1. The predicted molar refractivity (Wildman–Crippen MR) is 80.2 cm³/mol. The average Bonchev–Trinajstić information content (AvgIpc) is 2.55. The predicted octanol–water partition coefficient (Wildman–Crippen LogP) is 0.166. The third-order valence-corrected chi connectivity index (χ3v) is 3.61. The monoisotopic (exact) mass is 324 g/mol. The van der Waals surface area contributed by atoms with Gasteiger partial charge in [-0.15, -0.1) is 0 Å². The van der Waals surface area contributed by atoms with Crippen molar-refractivity contribution >= 4 is 12.0 Å². The Morgan fingerprint density at radius 1 is 1.17 bits per heavy atom. The SMILES string of the molecule is CCC1OC(OC(=O)/C=C/c2ccc(O)cc2)C(O)C(O)C1O. The van der Waals surface area contributed by atoms with Crippen molar-refractivity contribution in [3.63, 3.8) is 0 Å². The van der Waals surface area contributed by atoms with Gasteiger partial charge in [0.2, 0.25) is 6.29 Å². The molecule has 1 aromatic rings. The molecule has 7 heteroatoms. The molecule has 0 aliphatic carbocycles. The van der Waals surface area contributed by atoms with Gasteiger partial charge < -0.3 is 29.9 Å². The number of ether oxygens (including phenoxy) is 2. The van der Waals surface area contributed by atoms with Crippen LogP contribution in [0.1, 0.15) is 18.9 Å². The third-order valence-electron chi connectivity index (χ3n) is 3.61. The minimum absolute atomic E-state index is 0.113. The molecule has 23 heavy (non-hydrogen) atoms. The average molecular weight is 324 g/mol. The zero-order valence-corrected chi connectivity index (χ0v) is 12.6. The number of carbonyl (C=O) groups excluding carboxylic acids is 1. The van der Waals surface area contributed by atoms with Crippen molar-refractivity contribution in [2.24, 2.45) is 0 Å². The highest BCUT2D eigenvalue weighted by atomic mass is 16.7. The molecule has 0 radical (unpaired) electrons. The van der Waals surface area contributed by atoms with Crippen molar-refractivity contribution < 1.29 is 34.7 Å². The number of rotatable bonds is 4. The van der Waals surface area contributed by atoms with Crippen molar-refractivity contribution in [3.05, 3.63) is 35.9 Å². The van der Waals surface area contributed by atoms with Gasteiger partial charge >= 0.3 is 5.97 Å². The van der Waals surface area contributed by atoms with Crippen LogP contribution < -0.4 is 0 Å². The Bertz CT molecular complexity index is 552. The summed E-state index contributed by atoms with van der Waals surface area (Å²) in [7, 11) is 0. The molecular weight excluding hydrogens is 304 g/mol. The molecule has 2 rings (SSSR count). The maximum atomic E-state index is 11.8. The van der Waals surface area contributed by atoms with Gasteiger partial charge in [0.15, 0.2) is 0 Å². The number of benzene rings is 1. The van der Waals surface area contributed by atoms with E-state index in [1.807, 2.05) is 0 Å². The standard InChI is InChI=1S/C16H20O7/c1-2-11-13(19)14(20)15(21)16(22-11)23-12(18)8-5-9-3-6-10(17)7-4-9/h3-8,11,13-17,19-21H,2H2,1H3/b8-5+. The molecule has 1 aromatic carbocycles. The summed E-state index contributed by atoms with van der Waals surface area (Å²) in [6.45, 7) is 1.74. The van der Waals surface area contributed by atoms with Crippen LogP contribution in [0.15, 0.2) is 30.3 Å². The lowest BCUT2D eigenvalue weighted by atomic mass is 9.97. The maximum absolute atomic E-state index is 11.8. The van der Waals surface area contributed by atoms with Gasteiger partial charge in [0.1, 0.15) is 24.1 Å². The van der Waals surface area contributed by atoms with Gasteiger partial charge in [0.05, 0.1) is 6.10 Å². The van der Waals surface area contributed by atoms with Crippen LogP contribution in [0.3, 0.4) is 0 Å². The van der Waals surface area contributed by atoms with Crippen molar-refractivity contribution in [1.29, 1.82) is 0 Å². The summed E-state index contributed by atoms with van der Waals surface area (Å²) in [6, 6.07) is 6.17. The van der Waals surface area contributed by atoms with E-state index in [9.17, 15) is 20.1 Å². The minimum atomic E-state index is -1.53. The molecule has 1 heterocycles. The molecule has 0 amide bonds. The Morgan fingerprint density at radius 2 is 1.83 bits per heavy atom. The van der Waals surface area contributed by atoms with Crippen LogP contribution in [0.2, 0.25) is 0 Å². The van der Waals surface area contributed by atoms with E-state index in [1.54, 1.807) is 19.1 Å². The molecule has 1 aliphatic heterocycles. The quantitative estimate of drug-likeness (QED) is 0.461. The number of esters is 1. The van der Waals surface area contributed by atoms with E-state index in [-0.39, 0.29) is 5.75 Å². The Hall–Kier alpha value is -1.93. The zero-order chi connectivity index (χ0) is 17.0. The summed E-state index contributed by atoms with van der Waals surface area (Å²) in [5.74, 6) is -0.651. The molecule has 1 saturated heterocycles. The Balaban J connectivity index is 1.97. The van der Waals surface area contributed by atoms with Gasteiger partial charge in [-0.2, -0.15) is 0 Å². The first-order chi connectivity index (χ1) is 10.9. The topological polar surface area (TPSA) is 116 Å². The summed E-state index contributed by atoms with van der Waals surface area (Å²) in [4.78, 5) is 11.8. The maximum Gasteiger partial charge on any atom is 0.333 e. The Morgan fingerprint density at radius 3 is 2.43 bits per heavy atom. The molecule has 5 atom stereocenters. The minimum Gasteiger partial charge on any atom is -0.508 e. The summed E-state index contributed by atoms with van der Waals surface area (Å²) in [6.07, 6.45) is -3.30. The van der Waals surface area contributed by atoms with E-state index in [2.05, 4.69) is 0 Å². The lowest BCUT2D eigenvalue weighted by molar-refractivity contribution is -0.286. The molecule has 5 unspecified atom stereocenters. The highest BCUT2D eigenvalue weighted by molar-refractivity contribution is 5.87. The van der Waals surface area contributed by atoms with Gasteiger partial charge in [-0.1, -0.05) is 19.1 Å². The van der Waals surface area contributed by atoms with Gasteiger partial charge in [-0.25, -0.2) is 4.79 Å². The van der Waals surface area contributed by atoms with Crippen LogP contribution in [-0.4, -0.2) is 57.1 Å². The van der Waals surface area contributed by atoms with Crippen LogP contribution in [-0.2, 0) is 14.3 Å². The molecule has 0 aromatic heterocycles. The normalized spacial score (nSPS) is 31.2. The number of carbonyl (C=O) groups is 1. The van der Waals surface area contributed by atoms with Gasteiger partial charge in [-0.3, -0.25) is 0 Å². The van der Waals surface area contributed by atoms with Crippen molar-refractivity contribution in [2.75, 3.05) is 0 Å². The van der Waals surface area contributed by atoms with E-state index >= 15 is 0 Å². The molecule has 0 saturated carbocycles. The molecule has 1 fully saturated rings. The number of aliphatic hydroxyl groups is 3. The summed E-state index contributed by atoms with van der Waals surface area (Å²) in [5, 5.41) is 38.5. The second-order valence-corrected chi connectivity index (χ2v) is 5.28. The molecule has 126 valence electrons. The molecule has 0 bridgehead atoms. The van der Waals surface area contributed by atoms with Crippen molar-refractivity contribution in [1.82, 2.24) is 0 Å². The van der Waals surface area contributed by atoms with E-state index < -0.39 is 36.7 Å². The molecular formula is C16H20O7. The number of aliphatic hydroxyl groups excluding tert-OH is 3. The van der Waals surface area contributed by atoms with E-state index in [0.717, 1.165) is 6.08 Å². The highest BCUT2D eigenvalue weighted by Crippen LogP contribution is 2.24. The number of hydrogen-bond acceptors (Lipinski definition) is 7. The first-order valence-corrected chi connectivity index (χ1v) is 7.29. The van der Waals surface area contributed by atoms with Crippen LogP contribution in [0, 0.1) is 0 Å². The molecule has 1 aliphatic rings. The number of hydrogen-bond donors (Lipinski definition) is 4. The fraction of sp³-hybridized carbons (Fsp3) is 0.438. The van der Waals surface area contributed by atoms with E-state index in [1.165, 1.54) is 18.2 Å². The number of phenolic OH excluding ortho intramolecular Hbond substituents is 1. The Kier molecular flexibility index (Phi) is 5.73.